The molecule has 0 aliphatic carbocycles. The van der Waals surface area contributed by atoms with Gasteiger partial charge in [-0.2, -0.15) is 0 Å². The molecule has 1 rings (SSSR count). The second-order valence-corrected chi connectivity index (χ2v) is 3.52. The van der Waals surface area contributed by atoms with Crippen molar-refractivity contribution in [3.63, 3.8) is 0 Å². The molecule has 5 heteroatoms. The first kappa shape index (κ1) is 11.6. The molecule has 0 unspecified atom stereocenters. The van der Waals surface area contributed by atoms with Crippen LogP contribution in [0, 0.1) is 5.82 Å². The lowest BCUT2D eigenvalue weighted by Gasteiger charge is -1.97. The lowest BCUT2D eigenvalue weighted by atomic mass is 10.2. The summed E-state index contributed by atoms with van der Waals surface area (Å²) in [7, 11) is 0. The van der Waals surface area contributed by atoms with Gasteiger partial charge in [0.05, 0.1) is 0 Å². The fourth-order valence-corrected chi connectivity index (χ4v) is 1.36. The third kappa shape index (κ3) is 3.28. The Kier molecular flexibility index (Phi) is 3.74. The summed E-state index contributed by atoms with van der Waals surface area (Å²) in [5.41, 5.74) is 0.533. The lowest BCUT2D eigenvalue weighted by molar-refractivity contribution is -0.146. The van der Waals surface area contributed by atoms with Gasteiger partial charge in [0.2, 0.25) is 0 Å². The fourth-order valence-electron chi connectivity index (χ4n) is 0.873. The highest BCUT2D eigenvalue weighted by atomic mass is 79.9. The van der Waals surface area contributed by atoms with E-state index in [0.717, 1.165) is 6.08 Å². The number of hydrogen-bond donors (Lipinski definition) is 1. The molecule has 0 bridgehead atoms. The van der Waals surface area contributed by atoms with E-state index < -0.39 is 17.6 Å². The molecule has 0 radical (unpaired) electrons. The second kappa shape index (κ2) is 4.84. The average Bonchev–Trinajstić information content (AvgIpc) is 2.15. The van der Waals surface area contributed by atoms with Crippen LogP contribution in [0.2, 0.25) is 0 Å². The van der Waals surface area contributed by atoms with Gasteiger partial charge in [0.1, 0.15) is 5.82 Å². The van der Waals surface area contributed by atoms with Gasteiger partial charge in [0.15, 0.2) is 0 Å². The van der Waals surface area contributed by atoms with E-state index in [2.05, 4.69) is 15.9 Å². The van der Waals surface area contributed by atoms with Gasteiger partial charge in [0.25, 0.3) is 5.78 Å². The summed E-state index contributed by atoms with van der Waals surface area (Å²) < 4.78 is 13.1. The highest BCUT2D eigenvalue weighted by Crippen LogP contribution is 2.19. The predicted octanol–water partition coefficient (Wildman–Crippen LogP) is 2.26. The van der Waals surface area contributed by atoms with Gasteiger partial charge in [-0.25, -0.2) is 9.18 Å². The monoisotopic (exact) mass is 272 g/mol. The van der Waals surface area contributed by atoms with Crippen LogP contribution in [-0.4, -0.2) is 16.9 Å². The zero-order valence-corrected chi connectivity index (χ0v) is 8.99. The van der Waals surface area contributed by atoms with Crippen LogP contribution in [-0.2, 0) is 9.59 Å². The van der Waals surface area contributed by atoms with Crippen molar-refractivity contribution in [1.29, 1.82) is 0 Å². The SMILES string of the molecule is O=C(O)C(=O)/C=C/c1ccc(F)cc1Br. The van der Waals surface area contributed by atoms with Crippen LogP contribution in [0.15, 0.2) is 28.7 Å². The Morgan fingerprint density at radius 3 is 2.60 bits per heavy atom. The Morgan fingerprint density at radius 2 is 2.07 bits per heavy atom. The molecular weight excluding hydrogens is 267 g/mol. The van der Waals surface area contributed by atoms with Crippen LogP contribution in [0.4, 0.5) is 4.39 Å². The van der Waals surface area contributed by atoms with E-state index in [1.807, 2.05) is 0 Å². The Bertz CT molecular complexity index is 440. The molecule has 3 nitrogen and oxygen atoms in total. The minimum atomic E-state index is -1.52. The molecule has 1 aromatic carbocycles. The van der Waals surface area contributed by atoms with Crippen molar-refractivity contribution < 1.29 is 19.1 Å². The first-order valence-corrected chi connectivity index (χ1v) is 4.70. The topological polar surface area (TPSA) is 54.4 Å². The molecule has 0 saturated heterocycles. The first-order valence-electron chi connectivity index (χ1n) is 3.91. The summed E-state index contributed by atoms with van der Waals surface area (Å²) in [5, 5.41) is 8.30. The number of carbonyl (C=O) groups excluding carboxylic acids is 1. The smallest absolute Gasteiger partial charge is 0.376 e. The van der Waals surface area contributed by atoms with Gasteiger partial charge < -0.3 is 5.11 Å². The molecule has 0 atom stereocenters. The normalized spacial score (nSPS) is 10.5. The molecule has 1 aromatic rings. The summed E-state index contributed by atoms with van der Waals surface area (Å²) in [4.78, 5) is 20.9. The second-order valence-electron chi connectivity index (χ2n) is 2.67. The summed E-state index contributed by atoms with van der Waals surface area (Å²) >= 11 is 3.08. The van der Waals surface area contributed by atoms with E-state index in [4.69, 9.17) is 5.11 Å². The van der Waals surface area contributed by atoms with Crippen molar-refractivity contribution in [3.8, 4) is 0 Å². The van der Waals surface area contributed by atoms with E-state index in [9.17, 15) is 14.0 Å². The molecule has 0 aromatic heterocycles. The molecule has 0 heterocycles. The maximum atomic E-state index is 12.7. The molecular formula is C10H6BrFO3. The fraction of sp³-hybridized carbons (Fsp3) is 0. The molecule has 0 saturated carbocycles. The zero-order chi connectivity index (χ0) is 11.4. The largest absolute Gasteiger partial charge is 0.475 e. The summed E-state index contributed by atoms with van der Waals surface area (Å²) in [6.45, 7) is 0. The number of benzene rings is 1. The van der Waals surface area contributed by atoms with Gasteiger partial charge in [-0.05, 0) is 29.8 Å². The third-order valence-corrected chi connectivity index (χ3v) is 2.27. The summed E-state index contributed by atoms with van der Waals surface area (Å²) in [6.07, 6.45) is 2.22. The number of hydrogen-bond acceptors (Lipinski definition) is 2. The van der Waals surface area contributed by atoms with Crippen LogP contribution in [0.1, 0.15) is 5.56 Å². The zero-order valence-electron chi connectivity index (χ0n) is 7.41. The van der Waals surface area contributed by atoms with Crippen molar-refractivity contribution in [1.82, 2.24) is 0 Å². The van der Waals surface area contributed by atoms with Gasteiger partial charge in [0, 0.05) is 4.47 Å². The maximum Gasteiger partial charge on any atom is 0.376 e. The minimum Gasteiger partial charge on any atom is -0.475 e. The maximum absolute atomic E-state index is 12.7. The van der Waals surface area contributed by atoms with Gasteiger partial charge in [-0.15, -0.1) is 0 Å². The van der Waals surface area contributed by atoms with Crippen molar-refractivity contribution in [2.75, 3.05) is 0 Å². The predicted molar refractivity (Wildman–Crippen MR) is 55.8 cm³/mol. The number of carbonyl (C=O) groups is 2. The van der Waals surface area contributed by atoms with E-state index in [-0.39, 0.29) is 0 Å². The van der Waals surface area contributed by atoms with E-state index >= 15 is 0 Å². The quantitative estimate of drug-likeness (QED) is 0.678. The third-order valence-electron chi connectivity index (χ3n) is 1.59. The number of carboxylic acid groups (broad SMARTS) is 1. The van der Waals surface area contributed by atoms with Crippen molar-refractivity contribution in [3.05, 3.63) is 40.1 Å². The van der Waals surface area contributed by atoms with Crippen molar-refractivity contribution in [2.24, 2.45) is 0 Å². The molecule has 1 N–H and O–H groups in total. The average molecular weight is 273 g/mol. The minimum absolute atomic E-state index is 0.413. The molecule has 0 fully saturated rings. The summed E-state index contributed by atoms with van der Waals surface area (Å²) in [6, 6.07) is 3.88. The van der Waals surface area contributed by atoms with E-state index in [0.29, 0.717) is 10.0 Å². The number of ketones is 1. The Hall–Kier alpha value is -1.49. The Morgan fingerprint density at radius 1 is 1.40 bits per heavy atom. The number of halogens is 2. The van der Waals surface area contributed by atoms with E-state index in [1.165, 1.54) is 24.3 Å². The van der Waals surface area contributed by atoms with Crippen LogP contribution < -0.4 is 0 Å². The van der Waals surface area contributed by atoms with Crippen LogP contribution in [0.3, 0.4) is 0 Å². The Labute approximate surface area is 93.4 Å². The molecule has 0 aliphatic heterocycles. The van der Waals surface area contributed by atoms with Gasteiger partial charge in [-0.3, -0.25) is 4.79 Å². The highest BCUT2D eigenvalue weighted by Gasteiger charge is 2.06. The molecule has 15 heavy (non-hydrogen) atoms. The molecule has 0 amide bonds. The first-order chi connectivity index (χ1) is 7.00. The highest BCUT2D eigenvalue weighted by molar-refractivity contribution is 9.10. The molecule has 0 spiro atoms. The summed E-state index contributed by atoms with van der Waals surface area (Å²) in [5.74, 6) is -2.96. The molecule has 0 aliphatic rings. The van der Waals surface area contributed by atoms with E-state index in [1.54, 1.807) is 0 Å². The van der Waals surface area contributed by atoms with Crippen molar-refractivity contribution >= 4 is 33.8 Å². The number of carboxylic acids is 1. The van der Waals surface area contributed by atoms with Crippen molar-refractivity contribution in [2.45, 2.75) is 0 Å². The Balaban J connectivity index is 2.90. The standard InChI is InChI=1S/C10H6BrFO3/c11-8-5-7(12)3-1-6(8)2-4-9(13)10(14)15/h1-5H,(H,14,15)/b4-2+. The van der Waals surface area contributed by atoms with Crippen LogP contribution >= 0.6 is 15.9 Å². The van der Waals surface area contributed by atoms with Crippen LogP contribution in [0.25, 0.3) is 6.08 Å². The van der Waals surface area contributed by atoms with Gasteiger partial charge in [-0.1, -0.05) is 22.0 Å². The van der Waals surface area contributed by atoms with Crippen LogP contribution in [0.5, 0.6) is 0 Å². The lowest BCUT2D eigenvalue weighted by Crippen LogP contribution is -2.08. The number of aliphatic carboxylic acids is 1. The number of rotatable bonds is 3. The van der Waals surface area contributed by atoms with Gasteiger partial charge >= 0.3 is 5.97 Å². The molecule has 78 valence electrons.